The van der Waals surface area contributed by atoms with Gasteiger partial charge in [0.2, 0.25) is 0 Å². The van der Waals surface area contributed by atoms with Crippen LogP contribution >= 0.6 is 0 Å². The van der Waals surface area contributed by atoms with Gasteiger partial charge in [-0.05, 0) is 13.8 Å². The molecule has 73 valence electrons. The SMILES string of the molecule is CC1(C)OC2CC(CO)OC2O1.[Ac]. The number of hydrogen-bond acceptors (Lipinski definition) is 4. The predicted octanol–water partition coefficient (Wildman–Crippen LogP) is 0.245. The third kappa shape index (κ3) is 2.64. The van der Waals surface area contributed by atoms with E-state index in [1.165, 1.54) is 0 Å². The maximum absolute atomic E-state index is 8.82. The van der Waals surface area contributed by atoms with Crippen LogP contribution in [0.3, 0.4) is 0 Å². The van der Waals surface area contributed by atoms with Crippen LogP contribution in [-0.4, -0.2) is 36.0 Å². The average Bonchev–Trinajstić information content (AvgIpc) is 2.40. The molecular formula is C8H14AcO4. The van der Waals surface area contributed by atoms with E-state index in [-0.39, 0.29) is 69.2 Å². The number of hydrogen-bond donors (Lipinski definition) is 1. The van der Waals surface area contributed by atoms with E-state index in [2.05, 4.69) is 0 Å². The third-order valence-electron chi connectivity index (χ3n) is 2.16. The second-order valence-corrected chi connectivity index (χ2v) is 3.72. The van der Waals surface area contributed by atoms with Crippen molar-refractivity contribution in [2.75, 3.05) is 6.61 Å². The van der Waals surface area contributed by atoms with Crippen LogP contribution in [0.2, 0.25) is 0 Å². The molecule has 13 heavy (non-hydrogen) atoms. The Balaban J connectivity index is 0.000000845. The van der Waals surface area contributed by atoms with Crippen molar-refractivity contribution in [3.05, 3.63) is 0 Å². The van der Waals surface area contributed by atoms with Gasteiger partial charge in [0, 0.05) is 50.5 Å². The van der Waals surface area contributed by atoms with E-state index in [0.29, 0.717) is 0 Å². The van der Waals surface area contributed by atoms with Gasteiger partial charge in [0.1, 0.15) is 6.10 Å². The fourth-order valence-electron chi connectivity index (χ4n) is 1.70. The topological polar surface area (TPSA) is 47.9 Å². The summed E-state index contributed by atoms with van der Waals surface area (Å²) >= 11 is 0. The van der Waals surface area contributed by atoms with Gasteiger partial charge >= 0.3 is 0 Å². The Labute approximate surface area is 113 Å². The van der Waals surface area contributed by atoms with Gasteiger partial charge in [-0.1, -0.05) is 0 Å². The van der Waals surface area contributed by atoms with Crippen molar-refractivity contribution in [2.24, 2.45) is 0 Å². The molecule has 3 unspecified atom stereocenters. The molecule has 5 heteroatoms. The molecule has 2 aliphatic rings. The molecule has 2 saturated heterocycles. The summed E-state index contributed by atoms with van der Waals surface area (Å²) in [5, 5.41) is 8.82. The molecule has 0 aromatic heterocycles. The zero-order chi connectivity index (χ0) is 8.77. The second kappa shape index (κ2) is 4.42. The Morgan fingerprint density at radius 2 is 2.08 bits per heavy atom. The van der Waals surface area contributed by atoms with Gasteiger partial charge in [0.05, 0.1) is 12.7 Å². The van der Waals surface area contributed by atoms with Crippen molar-refractivity contribution in [2.45, 2.75) is 44.6 Å². The third-order valence-corrected chi connectivity index (χ3v) is 2.16. The summed E-state index contributed by atoms with van der Waals surface area (Å²) in [5.41, 5.74) is 0. The van der Waals surface area contributed by atoms with Crippen molar-refractivity contribution >= 4 is 0 Å². The summed E-state index contributed by atoms with van der Waals surface area (Å²) in [6.45, 7) is 3.77. The molecule has 0 aromatic rings. The Morgan fingerprint density at radius 1 is 1.38 bits per heavy atom. The van der Waals surface area contributed by atoms with Gasteiger partial charge in [-0.2, -0.15) is 0 Å². The number of rotatable bonds is 1. The minimum Gasteiger partial charge on any atom is -0.394 e. The van der Waals surface area contributed by atoms with Crippen molar-refractivity contribution in [3.8, 4) is 0 Å². The van der Waals surface area contributed by atoms with Crippen LogP contribution in [0.25, 0.3) is 0 Å². The molecule has 3 atom stereocenters. The molecule has 0 aliphatic carbocycles. The number of aliphatic hydroxyl groups is 1. The van der Waals surface area contributed by atoms with Crippen molar-refractivity contribution in [1.82, 2.24) is 0 Å². The van der Waals surface area contributed by atoms with Gasteiger partial charge in [-0.3, -0.25) is 0 Å². The Bertz CT molecular complexity index is 169. The predicted molar refractivity (Wildman–Crippen MR) is 40.4 cm³/mol. The van der Waals surface area contributed by atoms with Crippen LogP contribution in [-0.2, 0) is 14.2 Å². The van der Waals surface area contributed by atoms with Gasteiger partial charge in [0.15, 0.2) is 12.1 Å². The number of fused-ring (bicyclic) bond motifs is 1. The zero-order valence-electron chi connectivity index (χ0n) is 7.90. The van der Waals surface area contributed by atoms with Crippen LogP contribution in [0.4, 0.5) is 0 Å². The first-order chi connectivity index (χ1) is 5.61. The van der Waals surface area contributed by atoms with Gasteiger partial charge in [-0.15, -0.1) is 0 Å². The van der Waals surface area contributed by atoms with Crippen LogP contribution in [0.15, 0.2) is 0 Å². The molecule has 2 heterocycles. The summed E-state index contributed by atoms with van der Waals surface area (Å²) in [6.07, 6.45) is 0.329. The van der Waals surface area contributed by atoms with Crippen LogP contribution < -0.4 is 0 Å². The molecule has 0 bridgehead atoms. The van der Waals surface area contributed by atoms with E-state index in [4.69, 9.17) is 19.3 Å². The molecule has 1 N–H and O–H groups in total. The molecule has 0 saturated carbocycles. The fraction of sp³-hybridized carbons (Fsp3) is 1.00. The zero-order valence-corrected chi connectivity index (χ0v) is 12.6. The fourth-order valence-corrected chi connectivity index (χ4v) is 1.70. The van der Waals surface area contributed by atoms with E-state index in [9.17, 15) is 0 Å². The first-order valence-electron chi connectivity index (χ1n) is 4.23. The molecule has 2 rings (SSSR count). The van der Waals surface area contributed by atoms with Crippen LogP contribution in [0.5, 0.6) is 0 Å². The monoisotopic (exact) mass is 401 g/mol. The Morgan fingerprint density at radius 3 is 2.62 bits per heavy atom. The standard InChI is InChI=1S/C8H14O4.Ac/c1-8(2)11-6-3-5(4-9)10-7(6)12-8;/h5-7,9H,3-4H2,1-2H3;. The average molecular weight is 401 g/mol. The summed E-state index contributed by atoms with van der Waals surface area (Å²) in [5.74, 6) is -0.532. The van der Waals surface area contributed by atoms with E-state index in [1.807, 2.05) is 13.8 Å². The Kier molecular flexibility index (Phi) is 4.20. The van der Waals surface area contributed by atoms with Crippen molar-refractivity contribution in [1.29, 1.82) is 0 Å². The molecule has 0 amide bonds. The molecule has 4 nitrogen and oxygen atoms in total. The van der Waals surface area contributed by atoms with Gasteiger partial charge in [-0.25, -0.2) is 0 Å². The summed E-state index contributed by atoms with van der Waals surface area (Å²) in [4.78, 5) is 0. The normalized spacial score (nSPS) is 41.3. The minimum absolute atomic E-state index is 0. The van der Waals surface area contributed by atoms with Crippen molar-refractivity contribution in [3.63, 3.8) is 0 Å². The molecule has 2 aliphatic heterocycles. The van der Waals surface area contributed by atoms with E-state index in [1.54, 1.807) is 0 Å². The largest absolute Gasteiger partial charge is 0.394 e. The van der Waals surface area contributed by atoms with Crippen molar-refractivity contribution < 1.29 is 63.4 Å². The quantitative estimate of drug-likeness (QED) is 0.685. The number of aliphatic hydroxyl groups excluding tert-OH is 1. The second-order valence-electron chi connectivity index (χ2n) is 3.72. The first-order valence-corrected chi connectivity index (χ1v) is 4.23. The summed E-state index contributed by atoms with van der Waals surface area (Å²) in [6, 6.07) is 0. The van der Waals surface area contributed by atoms with Crippen LogP contribution in [0, 0.1) is 44.1 Å². The summed E-state index contributed by atoms with van der Waals surface area (Å²) < 4.78 is 16.4. The van der Waals surface area contributed by atoms with E-state index >= 15 is 0 Å². The van der Waals surface area contributed by atoms with Crippen LogP contribution in [0.1, 0.15) is 20.3 Å². The van der Waals surface area contributed by atoms with E-state index in [0.717, 1.165) is 6.42 Å². The molecular weight excluding hydrogens is 387 g/mol. The first kappa shape index (κ1) is 12.4. The smallest absolute Gasteiger partial charge is 0.187 e. The van der Waals surface area contributed by atoms with Gasteiger partial charge in [0.25, 0.3) is 0 Å². The molecule has 0 spiro atoms. The molecule has 0 aromatic carbocycles. The maximum atomic E-state index is 8.82. The number of ether oxygens (including phenoxy) is 3. The van der Waals surface area contributed by atoms with E-state index < -0.39 is 5.79 Å². The van der Waals surface area contributed by atoms with Gasteiger partial charge < -0.3 is 19.3 Å². The molecule has 2 fully saturated rings. The maximum Gasteiger partial charge on any atom is 0.187 e. The minimum atomic E-state index is -0.532. The molecule has 1 radical (unpaired) electrons. The Hall–Kier alpha value is 1.28. The summed E-state index contributed by atoms with van der Waals surface area (Å²) in [7, 11) is 0.